The Balaban J connectivity index is 0.00000200. The van der Waals surface area contributed by atoms with E-state index >= 15 is 0 Å². The second-order valence-electron chi connectivity index (χ2n) is 4.94. The van der Waals surface area contributed by atoms with Gasteiger partial charge in [0.2, 0.25) is 0 Å². The van der Waals surface area contributed by atoms with Gasteiger partial charge in [0.1, 0.15) is 0 Å². The van der Waals surface area contributed by atoms with E-state index in [0.717, 1.165) is 23.9 Å². The fourth-order valence-corrected chi connectivity index (χ4v) is 2.85. The van der Waals surface area contributed by atoms with Crippen LogP contribution in [0.4, 0.5) is 0 Å². The normalized spacial score (nSPS) is 21.3. The Morgan fingerprint density at radius 3 is 2.95 bits per heavy atom. The average molecular weight is 364 g/mol. The van der Waals surface area contributed by atoms with E-state index < -0.39 is 0 Å². The lowest BCUT2D eigenvalue weighted by atomic mass is 9.98. The standard InChI is InChI=1S/C14H19BrN2O2.ClH/c1-19-10-14(6-3-7-17-14)9-16-13(18)11-4-2-5-12(15)8-11;/h2,4-5,8,17H,3,6-7,9-10H2,1H3,(H,16,18);1H. The van der Waals surface area contributed by atoms with E-state index in [9.17, 15) is 4.79 Å². The molecule has 4 nitrogen and oxygen atoms in total. The molecule has 1 aromatic rings. The molecule has 0 spiro atoms. The first kappa shape index (κ1) is 17.4. The van der Waals surface area contributed by atoms with Crippen molar-refractivity contribution in [2.24, 2.45) is 0 Å². The van der Waals surface area contributed by atoms with Gasteiger partial charge in [-0.05, 0) is 37.6 Å². The van der Waals surface area contributed by atoms with E-state index in [0.29, 0.717) is 18.7 Å². The molecular formula is C14H20BrClN2O2. The van der Waals surface area contributed by atoms with Gasteiger partial charge in [0, 0.05) is 23.7 Å². The Morgan fingerprint density at radius 1 is 1.55 bits per heavy atom. The minimum absolute atomic E-state index is 0. The van der Waals surface area contributed by atoms with Crippen LogP contribution in [0.25, 0.3) is 0 Å². The maximum absolute atomic E-state index is 12.1. The highest BCUT2D eigenvalue weighted by Gasteiger charge is 2.33. The summed E-state index contributed by atoms with van der Waals surface area (Å²) in [5, 5.41) is 6.43. The molecule has 1 aliphatic heterocycles. The third kappa shape index (κ3) is 4.45. The maximum Gasteiger partial charge on any atom is 0.251 e. The SMILES string of the molecule is COCC1(CNC(=O)c2cccc(Br)c2)CCCN1.Cl. The van der Waals surface area contributed by atoms with Gasteiger partial charge in [-0.25, -0.2) is 0 Å². The number of carbonyl (C=O) groups is 1. The first-order valence-electron chi connectivity index (χ1n) is 6.43. The zero-order valence-electron chi connectivity index (χ0n) is 11.4. The Labute approximate surface area is 134 Å². The summed E-state index contributed by atoms with van der Waals surface area (Å²) in [6, 6.07) is 7.39. The van der Waals surface area contributed by atoms with Crippen molar-refractivity contribution in [1.82, 2.24) is 10.6 Å². The van der Waals surface area contributed by atoms with Crippen LogP contribution >= 0.6 is 28.3 Å². The Hall–Kier alpha value is -0.620. The van der Waals surface area contributed by atoms with E-state index in [1.54, 1.807) is 7.11 Å². The third-order valence-electron chi connectivity index (χ3n) is 3.43. The summed E-state index contributed by atoms with van der Waals surface area (Å²) in [5.74, 6) is -0.0505. The third-order valence-corrected chi connectivity index (χ3v) is 3.92. The first-order chi connectivity index (χ1) is 9.15. The van der Waals surface area contributed by atoms with Crippen LogP contribution in [-0.4, -0.2) is 38.3 Å². The summed E-state index contributed by atoms with van der Waals surface area (Å²) in [4.78, 5) is 12.1. The van der Waals surface area contributed by atoms with Gasteiger partial charge in [0.05, 0.1) is 12.1 Å². The molecule has 20 heavy (non-hydrogen) atoms. The number of ether oxygens (including phenoxy) is 1. The van der Waals surface area contributed by atoms with Crippen molar-refractivity contribution < 1.29 is 9.53 Å². The van der Waals surface area contributed by atoms with Crippen molar-refractivity contribution in [3.63, 3.8) is 0 Å². The summed E-state index contributed by atoms with van der Waals surface area (Å²) in [6.45, 7) is 2.19. The van der Waals surface area contributed by atoms with Crippen LogP contribution in [0.1, 0.15) is 23.2 Å². The maximum atomic E-state index is 12.1. The minimum atomic E-state index is -0.115. The molecule has 0 aliphatic carbocycles. The fraction of sp³-hybridized carbons (Fsp3) is 0.500. The number of hydrogen-bond acceptors (Lipinski definition) is 3. The van der Waals surface area contributed by atoms with Crippen molar-refractivity contribution in [2.75, 3.05) is 26.8 Å². The number of hydrogen-bond donors (Lipinski definition) is 2. The van der Waals surface area contributed by atoms with Crippen LogP contribution in [0.5, 0.6) is 0 Å². The summed E-state index contributed by atoms with van der Waals surface area (Å²) in [5.41, 5.74) is 0.552. The molecule has 1 fully saturated rings. The number of amides is 1. The smallest absolute Gasteiger partial charge is 0.251 e. The topological polar surface area (TPSA) is 50.4 Å². The second-order valence-corrected chi connectivity index (χ2v) is 5.85. The lowest BCUT2D eigenvalue weighted by molar-refractivity contribution is 0.0892. The van der Waals surface area contributed by atoms with E-state index in [-0.39, 0.29) is 23.9 Å². The molecule has 1 atom stereocenters. The van der Waals surface area contributed by atoms with Gasteiger partial charge in [-0.1, -0.05) is 22.0 Å². The largest absolute Gasteiger partial charge is 0.383 e. The van der Waals surface area contributed by atoms with Crippen LogP contribution in [0.3, 0.4) is 0 Å². The average Bonchev–Trinajstić information content (AvgIpc) is 2.85. The summed E-state index contributed by atoms with van der Waals surface area (Å²) < 4.78 is 6.17. The van der Waals surface area contributed by atoms with Crippen LogP contribution in [0.2, 0.25) is 0 Å². The van der Waals surface area contributed by atoms with Crippen molar-refractivity contribution in [3.05, 3.63) is 34.3 Å². The van der Waals surface area contributed by atoms with E-state index in [4.69, 9.17) is 4.74 Å². The van der Waals surface area contributed by atoms with Crippen molar-refractivity contribution in [3.8, 4) is 0 Å². The first-order valence-corrected chi connectivity index (χ1v) is 7.22. The zero-order chi connectivity index (χ0) is 13.7. The molecule has 0 bridgehead atoms. The van der Waals surface area contributed by atoms with Crippen LogP contribution < -0.4 is 10.6 Å². The molecule has 2 rings (SSSR count). The number of benzene rings is 1. The Kier molecular flexibility index (Phi) is 6.95. The molecular weight excluding hydrogens is 344 g/mol. The van der Waals surface area contributed by atoms with E-state index in [1.165, 1.54) is 0 Å². The lowest BCUT2D eigenvalue weighted by Crippen LogP contribution is -2.53. The van der Waals surface area contributed by atoms with E-state index in [2.05, 4.69) is 26.6 Å². The highest BCUT2D eigenvalue weighted by Crippen LogP contribution is 2.19. The zero-order valence-corrected chi connectivity index (χ0v) is 13.9. The highest BCUT2D eigenvalue weighted by molar-refractivity contribution is 9.10. The Morgan fingerprint density at radius 2 is 2.35 bits per heavy atom. The van der Waals surface area contributed by atoms with Crippen LogP contribution in [-0.2, 0) is 4.74 Å². The molecule has 0 aromatic heterocycles. The fourth-order valence-electron chi connectivity index (χ4n) is 2.45. The van der Waals surface area contributed by atoms with Gasteiger partial charge in [0.15, 0.2) is 0 Å². The van der Waals surface area contributed by atoms with Crippen molar-refractivity contribution >= 4 is 34.2 Å². The van der Waals surface area contributed by atoms with E-state index in [1.807, 2.05) is 24.3 Å². The number of rotatable bonds is 5. The number of carbonyl (C=O) groups excluding carboxylic acids is 1. The summed E-state index contributed by atoms with van der Waals surface area (Å²) in [6.07, 6.45) is 2.15. The second kappa shape index (κ2) is 7.98. The molecule has 1 heterocycles. The van der Waals surface area contributed by atoms with Gasteiger partial charge in [-0.3, -0.25) is 4.79 Å². The van der Waals surface area contributed by atoms with Gasteiger partial charge < -0.3 is 15.4 Å². The van der Waals surface area contributed by atoms with Crippen LogP contribution in [0.15, 0.2) is 28.7 Å². The van der Waals surface area contributed by atoms with Crippen molar-refractivity contribution in [2.45, 2.75) is 18.4 Å². The number of halogens is 2. The lowest BCUT2D eigenvalue weighted by Gasteiger charge is -2.28. The molecule has 1 unspecified atom stereocenters. The monoisotopic (exact) mass is 362 g/mol. The summed E-state index contributed by atoms with van der Waals surface area (Å²) in [7, 11) is 1.69. The highest BCUT2D eigenvalue weighted by atomic mass is 79.9. The molecule has 2 N–H and O–H groups in total. The van der Waals surface area contributed by atoms with Crippen LogP contribution in [0, 0.1) is 0 Å². The van der Waals surface area contributed by atoms with Gasteiger partial charge >= 0.3 is 0 Å². The molecule has 1 aliphatic rings. The number of methoxy groups -OCH3 is 1. The molecule has 1 saturated heterocycles. The van der Waals surface area contributed by atoms with Crippen molar-refractivity contribution in [1.29, 1.82) is 0 Å². The molecule has 1 amide bonds. The quantitative estimate of drug-likeness (QED) is 0.844. The Bertz CT molecular complexity index is 451. The minimum Gasteiger partial charge on any atom is -0.383 e. The van der Waals surface area contributed by atoms with Gasteiger partial charge in [0.25, 0.3) is 5.91 Å². The molecule has 112 valence electrons. The summed E-state index contributed by atoms with van der Waals surface area (Å²) >= 11 is 3.37. The molecule has 0 saturated carbocycles. The predicted molar refractivity (Wildman–Crippen MR) is 85.6 cm³/mol. The van der Waals surface area contributed by atoms with Gasteiger partial charge in [-0.15, -0.1) is 12.4 Å². The molecule has 0 radical (unpaired) electrons. The number of nitrogens with one attached hydrogen (secondary N) is 2. The molecule has 1 aromatic carbocycles. The molecule has 6 heteroatoms. The van der Waals surface area contributed by atoms with Gasteiger partial charge in [-0.2, -0.15) is 0 Å². The predicted octanol–water partition coefficient (Wildman–Crippen LogP) is 2.37.